The molecule has 118 valence electrons. The summed E-state index contributed by atoms with van der Waals surface area (Å²) < 4.78 is 5.18. The van der Waals surface area contributed by atoms with Crippen molar-refractivity contribution in [2.45, 2.75) is 38.5 Å². The molecule has 1 fully saturated rings. The molecule has 0 bridgehead atoms. The Kier molecular flexibility index (Phi) is 5.11. The Balaban J connectivity index is 1.86. The normalized spacial score (nSPS) is 20.4. The number of carbonyl (C=O) groups is 3. The molecule has 1 aromatic carbocycles. The zero-order valence-electron chi connectivity index (χ0n) is 12.2. The van der Waals surface area contributed by atoms with Gasteiger partial charge in [-0.2, -0.15) is 0 Å². The van der Waals surface area contributed by atoms with Crippen LogP contribution in [0.2, 0.25) is 0 Å². The van der Waals surface area contributed by atoms with Crippen LogP contribution in [-0.2, 0) is 25.7 Å². The van der Waals surface area contributed by atoms with Crippen molar-refractivity contribution in [2.75, 3.05) is 5.32 Å². The number of carboxylic acid groups (broad SMARTS) is 1. The SMILES string of the molecule is CC(=O)Nc1cccc(CNC(=O)[C@@H]2CC[C@H](C(=O)O)O2)c1. The molecule has 3 N–H and O–H groups in total. The molecule has 2 rings (SSSR count). The number of amides is 2. The molecule has 1 aliphatic heterocycles. The number of carbonyl (C=O) groups excluding carboxylic acids is 2. The fourth-order valence-corrected chi connectivity index (χ4v) is 2.28. The number of carboxylic acids is 1. The van der Waals surface area contributed by atoms with Crippen LogP contribution in [-0.4, -0.2) is 35.1 Å². The molecule has 2 atom stereocenters. The summed E-state index contributed by atoms with van der Waals surface area (Å²) in [6.45, 7) is 1.70. The smallest absolute Gasteiger partial charge is 0.332 e. The molecular weight excluding hydrogens is 288 g/mol. The van der Waals surface area contributed by atoms with Crippen LogP contribution < -0.4 is 10.6 Å². The molecule has 22 heavy (non-hydrogen) atoms. The fourth-order valence-electron chi connectivity index (χ4n) is 2.28. The Morgan fingerprint density at radius 1 is 1.27 bits per heavy atom. The Morgan fingerprint density at radius 2 is 2.00 bits per heavy atom. The first-order valence-corrected chi connectivity index (χ1v) is 6.98. The van der Waals surface area contributed by atoms with Crippen molar-refractivity contribution in [2.24, 2.45) is 0 Å². The number of nitrogens with one attached hydrogen (secondary N) is 2. The lowest BCUT2D eigenvalue weighted by molar-refractivity contribution is -0.151. The summed E-state index contributed by atoms with van der Waals surface area (Å²) in [7, 11) is 0. The average molecular weight is 306 g/mol. The van der Waals surface area contributed by atoms with Gasteiger partial charge in [-0.15, -0.1) is 0 Å². The van der Waals surface area contributed by atoms with E-state index in [4.69, 9.17) is 9.84 Å². The molecule has 7 heteroatoms. The number of rotatable bonds is 5. The lowest BCUT2D eigenvalue weighted by Crippen LogP contribution is -2.35. The molecule has 1 heterocycles. The predicted molar refractivity (Wildman–Crippen MR) is 78.1 cm³/mol. The van der Waals surface area contributed by atoms with E-state index < -0.39 is 18.2 Å². The van der Waals surface area contributed by atoms with Crippen molar-refractivity contribution in [1.29, 1.82) is 0 Å². The molecule has 1 aliphatic rings. The van der Waals surface area contributed by atoms with Crippen LogP contribution in [0.1, 0.15) is 25.3 Å². The Hall–Kier alpha value is -2.41. The van der Waals surface area contributed by atoms with Gasteiger partial charge in [-0.25, -0.2) is 4.79 Å². The summed E-state index contributed by atoms with van der Waals surface area (Å²) >= 11 is 0. The predicted octanol–water partition coefficient (Wildman–Crippen LogP) is 0.893. The summed E-state index contributed by atoms with van der Waals surface area (Å²) in [4.78, 5) is 33.7. The third-order valence-corrected chi connectivity index (χ3v) is 3.30. The van der Waals surface area contributed by atoms with E-state index in [9.17, 15) is 14.4 Å². The Bertz CT molecular complexity index is 587. The minimum Gasteiger partial charge on any atom is -0.479 e. The van der Waals surface area contributed by atoms with Gasteiger partial charge in [-0.1, -0.05) is 12.1 Å². The van der Waals surface area contributed by atoms with Crippen molar-refractivity contribution >= 4 is 23.5 Å². The van der Waals surface area contributed by atoms with Gasteiger partial charge < -0.3 is 20.5 Å². The topological polar surface area (TPSA) is 105 Å². The monoisotopic (exact) mass is 306 g/mol. The third-order valence-electron chi connectivity index (χ3n) is 3.30. The molecule has 0 aliphatic carbocycles. The molecule has 2 amide bonds. The second-order valence-corrected chi connectivity index (χ2v) is 5.13. The second-order valence-electron chi connectivity index (χ2n) is 5.13. The first kappa shape index (κ1) is 16.0. The molecule has 0 radical (unpaired) electrons. The Morgan fingerprint density at radius 3 is 2.64 bits per heavy atom. The number of hydrogen-bond acceptors (Lipinski definition) is 4. The van der Waals surface area contributed by atoms with Crippen LogP contribution in [0, 0.1) is 0 Å². The van der Waals surface area contributed by atoms with Crippen molar-refractivity contribution in [3.8, 4) is 0 Å². The summed E-state index contributed by atoms with van der Waals surface area (Å²) in [5, 5.41) is 14.2. The molecule has 1 saturated heterocycles. The summed E-state index contributed by atoms with van der Waals surface area (Å²) in [6, 6.07) is 7.11. The van der Waals surface area contributed by atoms with Crippen LogP contribution in [0.3, 0.4) is 0 Å². The van der Waals surface area contributed by atoms with Gasteiger partial charge in [-0.3, -0.25) is 9.59 Å². The molecule has 0 saturated carbocycles. The summed E-state index contributed by atoms with van der Waals surface area (Å²) in [6.07, 6.45) is -0.890. The number of aliphatic carboxylic acids is 1. The van der Waals surface area contributed by atoms with Gasteiger partial charge in [0.1, 0.15) is 6.10 Å². The largest absolute Gasteiger partial charge is 0.479 e. The van der Waals surface area contributed by atoms with E-state index in [1.54, 1.807) is 18.2 Å². The number of ether oxygens (including phenoxy) is 1. The zero-order chi connectivity index (χ0) is 16.1. The lowest BCUT2D eigenvalue weighted by atomic mass is 10.1. The van der Waals surface area contributed by atoms with Crippen LogP contribution in [0.25, 0.3) is 0 Å². The van der Waals surface area contributed by atoms with Crippen LogP contribution in [0.5, 0.6) is 0 Å². The number of hydrogen-bond donors (Lipinski definition) is 3. The van der Waals surface area contributed by atoms with Crippen LogP contribution in [0.4, 0.5) is 5.69 Å². The van der Waals surface area contributed by atoms with Crippen LogP contribution in [0.15, 0.2) is 24.3 Å². The summed E-state index contributed by atoms with van der Waals surface area (Å²) in [5.74, 6) is -1.53. The van der Waals surface area contributed by atoms with Crippen molar-refractivity contribution in [3.05, 3.63) is 29.8 Å². The number of anilines is 1. The standard InChI is InChI=1S/C15H18N2O5/c1-9(18)17-11-4-2-3-10(7-11)8-16-14(19)12-5-6-13(22-12)15(20)21/h2-4,7,12-13H,5-6,8H2,1H3,(H,16,19)(H,17,18)(H,20,21)/t12-,13+/m0/s1. The molecule has 1 aromatic rings. The van der Waals surface area contributed by atoms with Gasteiger partial charge in [0.25, 0.3) is 0 Å². The highest BCUT2D eigenvalue weighted by Gasteiger charge is 2.34. The lowest BCUT2D eigenvalue weighted by Gasteiger charge is -2.12. The van der Waals surface area contributed by atoms with E-state index >= 15 is 0 Å². The minimum absolute atomic E-state index is 0.166. The van der Waals surface area contributed by atoms with E-state index in [2.05, 4.69) is 10.6 Å². The quantitative estimate of drug-likeness (QED) is 0.749. The van der Waals surface area contributed by atoms with Gasteiger partial charge in [0.2, 0.25) is 11.8 Å². The van der Waals surface area contributed by atoms with E-state index in [0.717, 1.165) is 5.56 Å². The van der Waals surface area contributed by atoms with E-state index in [-0.39, 0.29) is 18.4 Å². The maximum Gasteiger partial charge on any atom is 0.332 e. The average Bonchev–Trinajstić information content (AvgIpc) is 2.94. The third kappa shape index (κ3) is 4.29. The van der Waals surface area contributed by atoms with Crippen molar-refractivity contribution in [3.63, 3.8) is 0 Å². The molecule has 0 unspecified atom stereocenters. The molecule has 0 aromatic heterocycles. The number of benzene rings is 1. The fraction of sp³-hybridized carbons (Fsp3) is 0.400. The molecule has 7 nitrogen and oxygen atoms in total. The van der Waals surface area contributed by atoms with E-state index in [1.165, 1.54) is 6.92 Å². The second kappa shape index (κ2) is 7.04. The summed E-state index contributed by atoms with van der Waals surface area (Å²) in [5.41, 5.74) is 1.48. The van der Waals surface area contributed by atoms with Gasteiger partial charge in [0, 0.05) is 19.2 Å². The van der Waals surface area contributed by atoms with E-state index in [1.807, 2.05) is 6.07 Å². The van der Waals surface area contributed by atoms with E-state index in [0.29, 0.717) is 18.5 Å². The van der Waals surface area contributed by atoms with Crippen molar-refractivity contribution in [1.82, 2.24) is 5.32 Å². The van der Waals surface area contributed by atoms with Crippen molar-refractivity contribution < 1.29 is 24.2 Å². The first-order chi connectivity index (χ1) is 10.5. The maximum atomic E-state index is 12.0. The maximum absolute atomic E-state index is 12.0. The first-order valence-electron chi connectivity index (χ1n) is 6.98. The molecule has 0 spiro atoms. The van der Waals surface area contributed by atoms with Gasteiger partial charge in [0.15, 0.2) is 6.10 Å². The van der Waals surface area contributed by atoms with Gasteiger partial charge in [-0.05, 0) is 30.5 Å². The highest BCUT2D eigenvalue weighted by molar-refractivity contribution is 5.88. The minimum atomic E-state index is -1.04. The highest BCUT2D eigenvalue weighted by Crippen LogP contribution is 2.20. The zero-order valence-corrected chi connectivity index (χ0v) is 12.2. The van der Waals surface area contributed by atoms with Crippen LogP contribution >= 0.6 is 0 Å². The van der Waals surface area contributed by atoms with Gasteiger partial charge >= 0.3 is 5.97 Å². The molecular formula is C15H18N2O5. The highest BCUT2D eigenvalue weighted by atomic mass is 16.5. The van der Waals surface area contributed by atoms with Gasteiger partial charge in [0.05, 0.1) is 0 Å². The Labute approximate surface area is 127 Å².